The maximum atomic E-state index is 13.2. The summed E-state index contributed by atoms with van der Waals surface area (Å²) in [5.74, 6) is -0.894. The van der Waals surface area contributed by atoms with E-state index in [0.717, 1.165) is 33.3 Å². The molecule has 6 aromatic rings. The first kappa shape index (κ1) is 33.8. The molecular formula is C39H35ClN2O6S. The van der Waals surface area contributed by atoms with E-state index in [0.29, 0.717) is 29.2 Å². The summed E-state index contributed by atoms with van der Waals surface area (Å²) in [4.78, 5) is 11.3. The highest BCUT2D eigenvalue weighted by atomic mass is 35.5. The smallest absolute Gasteiger partial charge is 0.335 e. The molecule has 1 heterocycles. The van der Waals surface area contributed by atoms with Crippen molar-refractivity contribution in [2.75, 3.05) is 13.2 Å². The van der Waals surface area contributed by atoms with E-state index in [1.807, 2.05) is 54.6 Å². The number of nitrogens with zero attached hydrogens (tertiary/aromatic N) is 1. The third-order valence-corrected chi connectivity index (χ3v) is 9.98. The van der Waals surface area contributed by atoms with E-state index in [1.165, 1.54) is 18.2 Å². The topological polar surface area (TPSA) is 118 Å². The first-order valence-corrected chi connectivity index (χ1v) is 17.8. The highest BCUT2D eigenvalue weighted by molar-refractivity contribution is 7.88. The third kappa shape index (κ3) is 7.97. The molecule has 6 rings (SSSR count). The number of rotatable bonds is 14. The number of carboxylic acid groups (broad SMARTS) is 1. The van der Waals surface area contributed by atoms with Crippen molar-refractivity contribution in [3.63, 3.8) is 0 Å². The van der Waals surface area contributed by atoms with Crippen molar-refractivity contribution in [3.8, 4) is 11.5 Å². The fraction of sp³-hybridized carbons (Fsp3) is 0.154. The normalized spacial score (nSPS) is 11.6. The maximum Gasteiger partial charge on any atom is 0.335 e. The van der Waals surface area contributed by atoms with Gasteiger partial charge in [-0.25, -0.2) is 17.9 Å². The molecule has 8 nitrogen and oxygen atoms in total. The van der Waals surface area contributed by atoms with Gasteiger partial charge in [-0.1, -0.05) is 90.5 Å². The molecule has 250 valence electrons. The zero-order chi connectivity index (χ0) is 34.4. The van der Waals surface area contributed by atoms with E-state index in [2.05, 4.69) is 33.6 Å². The fourth-order valence-corrected chi connectivity index (χ4v) is 7.53. The highest BCUT2D eigenvalue weighted by Gasteiger charge is 2.26. The molecule has 10 heteroatoms. The predicted molar refractivity (Wildman–Crippen MR) is 192 cm³/mol. The van der Waals surface area contributed by atoms with Gasteiger partial charge in [-0.2, -0.15) is 0 Å². The standard InChI is InChI=1S/C39H35ClN2O6S/c40-31-17-20-35-34(25-31)33(22-24-48-32-18-15-29(16-19-32)39(44)45)36(21-23-41-49(46,47)26-30-13-7-8-14-37(30)43)42(35)38(27-9-3-1-4-10-27)28-11-5-2-6-12-28/h1-20,25,38,41,43H,21-24,26H2,(H,44,45). The molecule has 3 N–H and O–H groups in total. The fourth-order valence-electron chi connectivity index (χ4n) is 6.19. The lowest BCUT2D eigenvalue weighted by molar-refractivity contribution is 0.0696. The van der Waals surface area contributed by atoms with Crippen molar-refractivity contribution in [3.05, 3.63) is 166 Å². The predicted octanol–water partition coefficient (Wildman–Crippen LogP) is 7.62. The molecule has 0 unspecified atom stereocenters. The average molecular weight is 695 g/mol. The van der Waals surface area contributed by atoms with Crippen LogP contribution in [0.1, 0.15) is 44.3 Å². The van der Waals surface area contributed by atoms with Gasteiger partial charge in [-0.15, -0.1) is 0 Å². The number of nitrogens with one attached hydrogen (secondary N) is 1. The quantitative estimate of drug-likeness (QED) is 0.108. The Morgan fingerprint density at radius 3 is 2.08 bits per heavy atom. The molecule has 0 spiro atoms. The van der Waals surface area contributed by atoms with Crippen molar-refractivity contribution in [1.29, 1.82) is 0 Å². The van der Waals surface area contributed by atoms with E-state index < -0.39 is 16.0 Å². The Labute approximate surface area is 290 Å². The summed E-state index contributed by atoms with van der Waals surface area (Å²) >= 11 is 6.59. The van der Waals surface area contributed by atoms with Crippen molar-refractivity contribution in [1.82, 2.24) is 9.29 Å². The minimum Gasteiger partial charge on any atom is -0.508 e. The molecule has 0 aliphatic carbocycles. The number of carbonyl (C=O) groups is 1. The minimum atomic E-state index is -3.78. The Kier molecular flexibility index (Phi) is 10.3. The lowest BCUT2D eigenvalue weighted by Gasteiger charge is -2.25. The van der Waals surface area contributed by atoms with Crippen molar-refractivity contribution in [2.24, 2.45) is 0 Å². The van der Waals surface area contributed by atoms with Gasteiger partial charge in [0.1, 0.15) is 11.5 Å². The van der Waals surface area contributed by atoms with Gasteiger partial charge in [-0.05, 0) is 65.2 Å². The molecule has 0 amide bonds. The molecular weight excluding hydrogens is 660 g/mol. The number of hydrogen-bond acceptors (Lipinski definition) is 5. The Bertz CT molecular complexity index is 2130. The molecule has 0 fully saturated rings. The number of aromatic carboxylic acids is 1. The maximum absolute atomic E-state index is 13.2. The number of hydrogen-bond donors (Lipinski definition) is 3. The van der Waals surface area contributed by atoms with Crippen LogP contribution in [-0.2, 0) is 28.6 Å². The monoisotopic (exact) mass is 694 g/mol. The highest BCUT2D eigenvalue weighted by Crippen LogP contribution is 2.38. The number of benzene rings is 5. The number of fused-ring (bicyclic) bond motifs is 1. The third-order valence-electron chi connectivity index (χ3n) is 8.41. The van der Waals surface area contributed by atoms with E-state index in [-0.39, 0.29) is 36.3 Å². The number of para-hydroxylation sites is 1. The van der Waals surface area contributed by atoms with Crippen LogP contribution in [0.2, 0.25) is 5.02 Å². The summed E-state index contributed by atoms with van der Waals surface area (Å²) in [5, 5.41) is 21.0. The van der Waals surface area contributed by atoms with Gasteiger partial charge in [-0.3, -0.25) is 0 Å². The van der Waals surface area contributed by atoms with Crippen LogP contribution < -0.4 is 9.46 Å². The van der Waals surface area contributed by atoms with E-state index >= 15 is 0 Å². The Morgan fingerprint density at radius 2 is 1.45 bits per heavy atom. The van der Waals surface area contributed by atoms with Crippen LogP contribution in [0.15, 0.2) is 127 Å². The second-order valence-electron chi connectivity index (χ2n) is 11.6. The van der Waals surface area contributed by atoms with Gasteiger partial charge in [0.25, 0.3) is 0 Å². The molecule has 0 aliphatic heterocycles. The van der Waals surface area contributed by atoms with Gasteiger partial charge in [0.2, 0.25) is 10.0 Å². The van der Waals surface area contributed by atoms with Gasteiger partial charge in [0.05, 0.1) is 24.0 Å². The van der Waals surface area contributed by atoms with E-state index in [9.17, 15) is 23.4 Å². The zero-order valence-corrected chi connectivity index (χ0v) is 28.1. The molecule has 0 saturated carbocycles. The largest absolute Gasteiger partial charge is 0.508 e. The SMILES string of the molecule is O=C(O)c1ccc(OCCc2c(CCNS(=O)(=O)Cc3ccccc3O)n(C(c3ccccc3)c3ccccc3)c3ccc(Cl)cc23)cc1. The molecule has 0 radical (unpaired) electrons. The van der Waals surface area contributed by atoms with Crippen molar-refractivity contribution < 1.29 is 28.2 Å². The molecule has 49 heavy (non-hydrogen) atoms. The Balaban J connectivity index is 1.40. The van der Waals surface area contributed by atoms with Crippen LogP contribution in [0.3, 0.4) is 0 Å². The Morgan fingerprint density at radius 1 is 0.816 bits per heavy atom. The number of phenols is 1. The first-order chi connectivity index (χ1) is 23.7. The van der Waals surface area contributed by atoms with Crippen LogP contribution in [0.4, 0.5) is 0 Å². The molecule has 1 aromatic heterocycles. The lowest BCUT2D eigenvalue weighted by atomic mass is 9.97. The van der Waals surface area contributed by atoms with Crippen molar-refractivity contribution >= 4 is 38.5 Å². The molecule has 0 bridgehead atoms. The van der Waals surface area contributed by atoms with Gasteiger partial charge >= 0.3 is 5.97 Å². The number of carboxylic acids is 1. The number of aromatic nitrogens is 1. The summed E-state index contributed by atoms with van der Waals surface area (Å²) in [7, 11) is -3.78. The number of sulfonamides is 1. The molecule has 0 saturated heterocycles. The zero-order valence-electron chi connectivity index (χ0n) is 26.5. The molecule has 0 aliphatic rings. The summed E-state index contributed by atoms with van der Waals surface area (Å²) < 4.78 is 37.5. The van der Waals surface area contributed by atoms with Gasteiger partial charge in [0.15, 0.2) is 0 Å². The van der Waals surface area contributed by atoms with Crippen LogP contribution >= 0.6 is 11.6 Å². The van der Waals surface area contributed by atoms with Crippen molar-refractivity contribution in [2.45, 2.75) is 24.6 Å². The first-order valence-electron chi connectivity index (χ1n) is 15.8. The van der Waals surface area contributed by atoms with Crippen LogP contribution in [-0.4, -0.2) is 42.3 Å². The summed E-state index contributed by atoms with van der Waals surface area (Å²) in [6.07, 6.45) is 0.825. The molecule has 5 aromatic carbocycles. The molecule has 0 atom stereocenters. The second-order valence-corrected chi connectivity index (χ2v) is 13.9. The lowest BCUT2D eigenvalue weighted by Crippen LogP contribution is -2.28. The van der Waals surface area contributed by atoms with Crippen LogP contribution in [0.5, 0.6) is 11.5 Å². The van der Waals surface area contributed by atoms with E-state index in [4.69, 9.17) is 16.3 Å². The minimum absolute atomic E-state index is 0.0710. The van der Waals surface area contributed by atoms with Crippen LogP contribution in [0, 0.1) is 0 Å². The summed E-state index contributed by atoms with van der Waals surface area (Å²) in [6, 6.07) is 38.5. The number of ether oxygens (including phenoxy) is 1. The number of phenolic OH excluding ortho intramolecular Hbond substituents is 1. The van der Waals surface area contributed by atoms with E-state index in [1.54, 1.807) is 30.3 Å². The average Bonchev–Trinajstić information content (AvgIpc) is 3.38. The summed E-state index contributed by atoms with van der Waals surface area (Å²) in [6.45, 7) is 0.395. The number of aromatic hydroxyl groups is 1. The van der Waals surface area contributed by atoms with Gasteiger partial charge in [0, 0.05) is 46.6 Å². The number of halogens is 1. The summed E-state index contributed by atoms with van der Waals surface area (Å²) in [5.41, 5.74) is 5.44. The van der Waals surface area contributed by atoms with Crippen LogP contribution in [0.25, 0.3) is 10.9 Å². The second kappa shape index (κ2) is 15.0. The van der Waals surface area contributed by atoms with Gasteiger partial charge < -0.3 is 19.5 Å². The Hall–Kier alpha value is -5.09.